The highest BCUT2D eigenvalue weighted by Gasteiger charge is 2.25. The second kappa shape index (κ2) is 8.45. The Morgan fingerprint density at radius 1 is 0.962 bits per heavy atom. The average Bonchev–Trinajstić information content (AvgIpc) is 2.67. The Morgan fingerprint density at radius 2 is 1.77 bits per heavy atom. The van der Waals surface area contributed by atoms with E-state index in [1.165, 1.54) is 22.3 Å². The molecule has 3 rings (SSSR count). The minimum atomic E-state index is 0.162. The Bertz CT molecular complexity index is 757. The van der Waals surface area contributed by atoms with Crippen LogP contribution in [0.15, 0.2) is 30.3 Å². The van der Waals surface area contributed by atoms with E-state index in [-0.39, 0.29) is 6.04 Å². The maximum Gasteiger partial charge on any atom is 0.161 e. The monoisotopic (exact) mass is 355 g/mol. The van der Waals surface area contributed by atoms with Crippen LogP contribution in [0.5, 0.6) is 17.2 Å². The van der Waals surface area contributed by atoms with E-state index in [0.29, 0.717) is 13.2 Å². The Kier molecular flexibility index (Phi) is 6.04. The van der Waals surface area contributed by atoms with Crippen LogP contribution in [0.25, 0.3) is 0 Å². The van der Waals surface area contributed by atoms with Crippen molar-refractivity contribution in [1.82, 2.24) is 5.32 Å². The summed E-state index contributed by atoms with van der Waals surface area (Å²) in [6.07, 6.45) is 1.96. The number of hydrogen-bond acceptors (Lipinski definition) is 4. The Hall–Kier alpha value is -2.20. The van der Waals surface area contributed by atoms with Crippen LogP contribution in [0.4, 0.5) is 0 Å². The maximum atomic E-state index is 5.81. The highest BCUT2D eigenvalue weighted by Crippen LogP contribution is 2.39. The first-order chi connectivity index (χ1) is 12.7. The molecule has 0 saturated heterocycles. The molecular weight excluding hydrogens is 326 g/mol. The molecule has 1 aliphatic rings. The summed E-state index contributed by atoms with van der Waals surface area (Å²) >= 11 is 0. The summed E-state index contributed by atoms with van der Waals surface area (Å²) in [4.78, 5) is 0. The summed E-state index contributed by atoms with van der Waals surface area (Å²) in [5.41, 5.74) is 5.23. The van der Waals surface area contributed by atoms with Crippen molar-refractivity contribution in [1.29, 1.82) is 0 Å². The molecule has 4 nitrogen and oxygen atoms in total. The van der Waals surface area contributed by atoms with Gasteiger partial charge in [0.1, 0.15) is 5.75 Å². The minimum absolute atomic E-state index is 0.162. The number of fused-ring (bicyclic) bond motifs is 1. The Morgan fingerprint density at radius 3 is 2.46 bits per heavy atom. The molecule has 140 valence electrons. The molecule has 0 amide bonds. The van der Waals surface area contributed by atoms with Crippen molar-refractivity contribution < 1.29 is 14.2 Å². The van der Waals surface area contributed by atoms with Gasteiger partial charge in [-0.15, -0.1) is 0 Å². The molecule has 0 spiro atoms. The third-order valence-corrected chi connectivity index (χ3v) is 4.90. The molecule has 2 aromatic carbocycles. The zero-order valence-electron chi connectivity index (χ0n) is 16.2. The van der Waals surface area contributed by atoms with Gasteiger partial charge in [-0.1, -0.05) is 13.0 Å². The molecule has 4 heteroatoms. The Labute approximate surface area is 156 Å². The molecule has 0 aliphatic carbocycles. The third kappa shape index (κ3) is 3.65. The molecule has 0 radical (unpaired) electrons. The van der Waals surface area contributed by atoms with Gasteiger partial charge in [-0.25, -0.2) is 0 Å². The molecule has 26 heavy (non-hydrogen) atoms. The highest BCUT2D eigenvalue weighted by molar-refractivity contribution is 5.53. The van der Waals surface area contributed by atoms with Crippen molar-refractivity contribution in [3.05, 3.63) is 52.6 Å². The molecule has 1 unspecified atom stereocenters. The number of rotatable bonds is 7. The van der Waals surface area contributed by atoms with E-state index < -0.39 is 0 Å². The number of ether oxygens (including phenoxy) is 3. The van der Waals surface area contributed by atoms with Crippen molar-refractivity contribution in [2.75, 3.05) is 26.9 Å². The van der Waals surface area contributed by atoms with Crippen molar-refractivity contribution in [2.24, 2.45) is 0 Å². The van der Waals surface area contributed by atoms with Gasteiger partial charge in [0.25, 0.3) is 0 Å². The zero-order chi connectivity index (χ0) is 18.5. The summed E-state index contributed by atoms with van der Waals surface area (Å²) < 4.78 is 17.0. The first-order valence-electron chi connectivity index (χ1n) is 9.54. The van der Waals surface area contributed by atoms with E-state index in [0.717, 1.165) is 36.6 Å². The molecule has 0 fully saturated rings. The van der Waals surface area contributed by atoms with Crippen molar-refractivity contribution in [2.45, 2.75) is 39.7 Å². The molecule has 1 N–H and O–H groups in total. The molecule has 0 bridgehead atoms. The van der Waals surface area contributed by atoms with Gasteiger partial charge in [-0.05, 0) is 73.2 Å². The van der Waals surface area contributed by atoms with Crippen LogP contribution in [0, 0.1) is 0 Å². The van der Waals surface area contributed by atoms with Gasteiger partial charge in [-0.2, -0.15) is 0 Å². The molecule has 1 aliphatic heterocycles. The van der Waals surface area contributed by atoms with Gasteiger partial charge in [0.05, 0.1) is 26.4 Å². The topological polar surface area (TPSA) is 39.7 Å². The summed E-state index contributed by atoms with van der Waals surface area (Å²) in [5.74, 6) is 2.56. The summed E-state index contributed by atoms with van der Waals surface area (Å²) in [6.45, 7) is 8.46. The number of aryl methyl sites for hydroxylation is 1. The fourth-order valence-corrected chi connectivity index (χ4v) is 3.70. The normalized spacial score (nSPS) is 16.1. The Balaban J connectivity index is 2.05. The third-order valence-electron chi connectivity index (χ3n) is 4.90. The second-order valence-electron chi connectivity index (χ2n) is 6.42. The zero-order valence-corrected chi connectivity index (χ0v) is 16.2. The van der Waals surface area contributed by atoms with Crippen LogP contribution >= 0.6 is 0 Å². The lowest BCUT2D eigenvalue weighted by Gasteiger charge is -2.30. The van der Waals surface area contributed by atoms with Crippen LogP contribution in [0.3, 0.4) is 0 Å². The highest BCUT2D eigenvalue weighted by atomic mass is 16.5. The SMILES string of the molecule is CCOc1ccc(C2NCCc3cc(OC)c(OCC)cc32)c(CC)c1. The van der Waals surface area contributed by atoms with Crippen LogP contribution < -0.4 is 19.5 Å². The lowest BCUT2D eigenvalue weighted by Crippen LogP contribution is -2.31. The minimum Gasteiger partial charge on any atom is -0.494 e. The molecule has 1 heterocycles. The number of hydrogen-bond donors (Lipinski definition) is 1. The lowest BCUT2D eigenvalue weighted by atomic mass is 9.86. The standard InChI is InChI=1S/C22H29NO3/c1-5-15-12-17(25-6-2)8-9-18(15)22-19-14-21(26-7-3)20(24-4)13-16(19)10-11-23-22/h8-9,12-14,22-23H,5-7,10-11H2,1-4H3. The average molecular weight is 355 g/mol. The van der Waals surface area contributed by atoms with Gasteiger partial charge in [0.2, 0.25) is 0 Å². The van der Waals surface area contributed by atoms with Gasteiger partial charge in [0, 0.05) is 6.54 Å². The molecule has 0 saturated carbocycles. The maximum absolute atomic E-state index is 5.81. The van der Waals surface area contributed by atoms with E-state index in [1.807, 2.05) is 13.8 Å². The second-order valence-corrected chi connectivity index (χ2v) is 6.42. The predicted octanol–water partition coefficient (Wildman–Crippen LogP) is 4.29. The lowest BCUT2D eigenvalue weighted by molar-refractivity contribution is 0.309. The van der Waals surface area contributed by atoms with E-state index >= 15 is 0 Å². The molecule has 0 aromatic heterocycles. The van der Waals surface area contributed by atoms with Crippen molar-refractivity contribution >= 4 is 0 Å². The van der Waals surface area contributed by atoms with Crippen LogP contribution in [0.1, 0.15) is 49.1 Å². The van der Waals surface area contributed by atoms with Gasteiger partial charge in [0.15, 0.2) is 11.5 Å². The van der Waals surface area contributed by atoms with Gasteiger partial charge < -0.3 is 19.5 Å². The van der Waals surface area contributed by atoms with Crippen LogP contribution in [0.2, 0.25) is 0 Å². The van der Waals surface area contributed by atoms with E-state index in [1.54, 1.807) is 7.11 Å². The van der Waals surface area contributed by atoms with Crippen LogP contribution in [-0.4, -0.2) is 26.9 Å². The van der Waals surface area contributed by atoms with Gasteiger partial charge >= 0.3 is 0 Å². The van der Waals surface area contributed by atoms with Gasteiger partial charge in [-0.3, -0.25) is 0 Å². The predicted molar refractivity (Wildman–Crippen MR) is 105 cm³/mol. The quantitative estimate of drug-likeness (QED) is 0.804. The molecule has 1 atom stereocenters. The fraction of sp³-hybridized carbons (Fsp3) is 0.455. The molecule has 2 aromatic rings. The van der Waals surface area contributed by atoms with Crippen LogP contribution in [-0.2, 0) is 12.8 Å². The number of methoxy groups -OCH3 is 1. The smallest absolute Gasteiger partial charge is 0.161 e. The largest absolute Gasteiger partial charge is 0.494 e. The van der Waals surface area contributed by atoms with Crippen molar-refractivity contribution in [3.8, 4) is 17.2 Å². The summed E-state index contributed by atoms with van der Waals surface area (Å²) in [5, 5.41) is 3.69. The first-order valence-corrected chi connectivity index (χ1v) is 9.54. The van der Waals surface area contributed by atoms with E-state index in [4.69, 9.17) is 14.2 Å². The fourth-order valence-electron chi connectivity index (χ4n) is 3.70. The summed E-state index contributed by atoms with van der Waals surface area (Å²) in [6, 6.07) is 10.9. The van der Waals surface area contributed by atoms with Crippen molar-refractivity contribution in [3.63, 3.8) is 0 Å². The molecular formula is C22H29NO3. The summed E-state index contributed by atoms with van der Waals surface area (Å²) in [7, 11) is 1.70. The first kappa shape index (κ1) is 18.6. The van der Waals surface area contributed by atoms with E-state index in [2.05, 4.69) is 42.6 Å². The number of nitrogens with one attached hydrogen (secondary N) is 1. The number of benzene rings is 2. The van der Waals surface area contributed by atoms with E-state index in [9.17, 15) is 0 Å².